The first-order chi connectivity index (χ1) is 8.70. The summed E-state index contributed by atoms with van der Waals surface area (Å²) >= 11 is 0. The van der Waals surface area contributed by atoms with Gasteiger partial charge in [-0.2, -0.15) is 0 Å². The summed E-state index contributed by atoms with van der Waals surface area (Å²) < 4.78 is 0. The minimum Gasteiger partial charge on any atom is -0.109 e. The largest absolute Gasteiger partial charge is 0.109 e. The molecule has 1 heteroatoms. The minimum atomic E-state index is 0.0784. The third-order valence-electron chi connectivity index (χ3n) is 4.18. The number of fused-ring (bicyclic) bond motifs is 3. The molecule has 3 rings (SSSR count). The molecular formula is C17H19P. The molecular weight excluding hydrogens is 235 g/mol. The molecule has 0 aromatic heterocycles. The van der Waals surface area contributed by atoms with Crippen molar-refractivity contribution in [3.63, 3.8) is 0 Å². The Balaban J connectivity index is 2.21. The molecule has 1 aliphatic rings. The Kier molecular flexibility index (Phi) is 2.99. The van der Waals surface area contributed by atoms with Gasteiger partial charge >= 0.3 is 0 Å². The number of rotatable bonds is 2. The second kappa shape index (κ2) is 4.52. The van der Waals surface area contributed by atoms with Crippen molar-refractivity contribution >= 4 is 7.92 Å². The van der Waals surface area contributed by atoms with Crippen LogP contribution in [0, 0.1) is 0 Å². The van der Waals surface area contributed by atoms with Crippen molar-refractivity contribution in [2.75, 3.05) is 13.3 Å². The van der Waals surface area contributed by atoms with E-state index in [2.05, 4.69) is 68.8 Å². The van der Waals surface area contributed by atoms with Crippen LogP contribution in [0.5, 0.6) is 0 Å². The molecule has 0 radical (unpaired) electrons. The van der Waals surface area contributed by atoms with E-state index in [-0.39, 0.29) is 7.92 Å². The van der Waals surface area contributed by atoms with E-state index in [1.54, 1.807) is 0 Å². The van der Waals surface area contributed by atoms with Crippen LogP contribution in [0.25, 0.3) is 11.1 Å². The summed E-state index contributed by atoms with van der Waals surface area (Å²) in [5.41, 5.74) is 6.69. The van der Waals surface area contributed by atoms with E-state index < -0.39 is 0 Å². The molecule has 0 saturated heterocycles. The van der Waals surface area contributed by atoms with Gasteiger partial charge in [-0.15, -0.1) is 7.92 Å². The maximum atomic E-state index is 2.41. The van der Waals surface area contributed by atoms with E-state index in [0.717, 1.165) is 5.66 Å². The smallest absolute Gasteiger partial charge is 0.0166 e. The van der Waals surface area contributed by atoms with E-state index in [1.807, 2.05) is 0 Å². The van der Waals surface area contributed by atoms with Crippen LogP contribution in [0.15, 0.2) is 48.5 Å². The summed E-state index contributed by atoms with van der Waals surface area (Å²) in [6.07, 6.45) is 0. The Bertz CT molecular complexity index is 526. The van der Waals surface area contributed by atoms with Gasteiger partial charge in [0, 0.05) is 5.92 Å². The predicted octanol–water partition coefficient (Wildman–Crippen LogP) is 4.93. The van der Waals surface area contributed by atoms with Crippen molar-refractivity contribution in [1.29, 1.82) is 0 Å². The lowest BCUT2D eigenvalue weighted by atomic mass is 9.94. The molecule has 0 saturated carbocycles. The maximum absolute atomic E-state index is 2.41. The zero-order valence-corrected chi connectivity index (χ0v) is 12.1. The molecule has 0 fully saturated rings. The Labute approximate surface area is 111 Å². The number of hydrogen-bond acceptors (Lipinski definition) is 0. The van der Waals surface area contributed by atoms with E-state index in [0.29, 0.717) is 5.92 Å². The molecule has 0 aliphatic heterocycles. The average Bonchev–Trinajstić information content (AvgIpc) is 2.72. The molecule has 92 valence electrons. The minimum absolute atomic E-state index is 0.0784. The molecule has 0 heterocycles. The van der Waals surface area contributed by atoms with Crippen molar-refractivity contribution in [2.24, 2.45) is 0 Å². The van der Waals surface area contributed by atoms with Gasteiger partial charge in [0.2, 0.25) is 0 Å². The fourth-order valence-corrected chi connectivity index (χ4v) is 3.93. The highest BCUT2D eigenvalue weighted by Crippen LogP contribution is 2.52. The van der Waals surface area contributed by atoms with Gasteiger partial charge < -0.3 is 0 Å². The molecule has 1 unspecified atom stereocenters. The Hall–Kier alpha value is -1.13. The third-order valence-corrected chi connectivity index (χ3v) is 6.11. The molecule has 1 aliphatic carbocycles. The van der Waals surface area contributed by atoms with Gasteiger partial charge in [-0.25, -0.2) is 0 Å². The average molecular weight is 254 g/mol. The van der Waals surface area contributed by atoms with Crippen molar-refractivity contribution in [3.8, 4) is 11.1 Å². The zero-order valence-electron chi connectivity index (χ0n) is 11.2. The molecule has 0 bridgehead atoms. The second-order valence-corrected chi connectivity index (χ2v) is 8.10. The molecule has 0 N–H and O–H groups in total. The highest BCUT2D eigenvalue weighted by molar-refractivity contribution is 7.56. The van der Waals surface area contributed by atoms with Gasteiger partial charge in [0.15, 0.2) is 0 Å². The van der Waals surface area contributed by atoms with Crippen LogP contribution in [0.3, 0.4) is 0 Å². The Morgan fingerprint density at radius 2 is 1.28 bits per heavy atom. The van der Waals surface area contributed by atoms with Gasteiger partial charge in [0.25, 0.3) is 0 Å². The molecule has 0 nitrogen and oxygen atoms in total. The normalized spacial score (nSPS) is 15.6. The van der Waals surface area contributed by atoms with Crippen LogP contribution in [0.2, 0.25) is 0 Å². The van der Waals surface area contributed by atoms with Crippen LogP contribution in [-0.4, -0.2) is 19.0 Å². The molecule has 0 spiro atoms. The Morgan fingerprint density at radius 3 is 1.72 bits per heavy atom. The first-order valence-electron chi connectivity index (χ1n) is 6.55. The van der Waals surface area contributed by atoms with Crippen LogP contribution in [0.1, 0.15) is 24.0 Å². The summed E-state index contributed by atoms with van der Waals surface area (Å²) in [5, 5.41) is 0. The standard InChI is InChI=1S/C17H19P/c1-12(18(2)3)17-15-10-6-4-8-13(15)14-9-5-7-11-16(14)17/h4-12,17H,1-3H3. The third kappa shape index (κ3) is 1.71. The molecule has 0 amide bonds. The topological polar surface area (TPSA) is 0 Å². The van der Waals surface area contributed by atoms with Gasteiger partial charge in [0.1, 0.15) is 0 Å². The molecule has 1 atom stereocenters. The highest BCUT2D eigenvalue weighted by atomic mass is 31.1. The molecule has 2 aromatic carbocycles. The quantitative estimate of drug-likeness (QED) is 0.667. The summed E-state index contributed by atoms with van der Waals surface area (Å²) in [6, 6.07) is 17.8. The van der Waals surface area contributed by atoms with Crippen LogP contribution in [0.4, 0.5) is 0 Å². The van der Waals surface area contributed by atoms with Crippen LogP contribution >= 0.6 is 7.92 Å². The van der Waals surface area contributed by atoms with Crippen molar-refractivity contribution in [1.82, 2.24) is 0 Å². The fourth-order valence-electron chi connectivity index (χ4n) is 3.01. The van der Waals surface area contributed by atoms with Gasteiger partial charge in [-0.3, -0.25) is 0 Å². The lowest BCUT2D eigenvalue weighted by Gasteiger charge is -2.25. The molecule has 18 heavy (non-hydrogen) atoms. The maximum Gasteiger partial charge on any atom is 0.0166 e. The summed E-state index contributed by atoms with van der Waals surface area (Å²) in [6.45, 7) is 7.20. The van der Waals surface area contributed by atoms with E-state index in [1.165, 1.54) is 22.3 Å². The van der Waals surface area contributed by atoms with Crippen LogP contribution in [-0.2, 0) is 0 Å². The van der Waals surface area contributed by atoms with Gasteiger partial charge in [-0.05, 0) is 41.2 Å². The van der Waals surface area contributed by atoms with Crippen molar-refractivity contribution in [2.45, 2.75) is 18.5 Å². The fraction of sp³-hybridized carbons (Fsp3) is 0.294. The van der Waals surface area contributed by atoms with E-state index in [9.17, 15) is 0 Å². The summed E-state index contributed by atoms with van der Waals surface area (Å²) in [5.74, 6) is 0.596. The Morgan fingerprint density at radius 1 is 0.833 bits per heavy atom. The molecule has 2 aromatic rings. The monoisotopic (exact) mass is 254 g/mol. The number of hydrogen-bond donors (Lipinski definition) is 0. The second-order valence-electron chi connectivity index (χ2n) is 5.36. The summed E-state index contributed by atoms with van der Waals surface area (Å²) in [7, 11) is 0.0784. The lowest BCUT2D eigenvalue weighted by Crippen LogP contribution is -2.12. The summed E-state index contributed by atoms with van der Waals surface area (Å²) in [4.78, 5) is 0. The SMILES string of the molecule is CC(C1c2ccccc2-c2ccccc21)P(C)C. The number of benzene rings is 2. The van der Waals surface area contributed by atoms with E-state index in [4.69, 9.17) is 0 Å². The predicted molar refractivity (Wildman–Crippen MR) is 82.0 cm³/mol. The van der Waals surface area contributed by atoms with E-state index >= 15 is 0 Å². The van der Waals surface area contributed by atoms with Gasteiger partial charge in [0.05, 0.1) is 0 Å². The lowest BCUT2D eigenvalue weighted by molar-refractivity contribution is 0.807. The first-order valence-corrected chi connectivity index (χ1v) is 8.85. The van der Waals surface area contributed by atoms with Gasteiger partial charge in [-0.1, -0.05) is 55.5 Å². The van der Waals surface area contributed by atoms with Crippen LogP contribution < -0.4 is 0 Å². The van der Waals surface area contributed by atoms with Crippen molar-refractivity contribution < 1.29 is 0 Å². The highest BCUT2D eigenvalue weighted by Gasteiger charge is 2.32. The van der Waals surface area contributed by atoms with Crippen molar-refractivity contribution in [3.05, 3.63) is 59.7 Å². The zero-order chi connectivity index (χ0) is 12.7. The first kappa shape index (κ1) is 11.9.